The second kappa shape index (κ2) is 9.37. The van der Waals surface area contributed by atoms with E-state index in [-0.39, 0.29) is 18.3 Å². The molecule has 1 heterocycles. The molecular formula is C14H23F3N4O2S2. The number of nitrogens with one attached hydrogen (secondary N) is 2. The number of rotatable bonds is 8. The first kappa shape index (κ1) is 21.7. The van der Waals surface area contributed by atoms with Crippen molar-refractivity contribution in [2.45, 2.75) is 38.9 Å². The highest BCUT2D eigenvalue weighted by molar-refractivity contribution is 7.90. The van der Waals surface area contributed by atoms with Crippen molar-refractivity contribution in [1.29, 1.82) is 0 Å². The van der Waals surface area contributed by atoms with Gasteiger partial charge in [-0.25, -0.2) is 13.4 Å². The largest absolute Gasteiger partial charge is 0.434 e. The number of hydrogen-bond acceptors (Lipinski definition) is 5. The number of aromatic nitrogens is 1. The minimum atomic E-state index is -4.43. The van der Waals surface area contributed by atoms with E-state index < -0.39 is 21.7 Å². The summed E-state index contributed by atoms with van der Waals surface area (Å²) in [6.45, 7) is 4.61. The molecule has 6 nitrogen and oxygen atoms in total. The van der Waals surface area contributed by atoms with Crippen molar-refractivity contribution in [3.8, 4) is 0 Å². The molecule has 0 aliphatic carbocycles. The fraction of sp³-hybridized carbons (Fsp3) is 0.714. The van der Waals surface area contributed by atoms with E-state index in [9.17, 15) is 21.6 Å². The maximum Gasteiger partial charge on any atom is 0.434 e. The number of aliphatic imine (C=N–C) groups is 1. The summed E-state index contributed by atoms with van der Waals surface area (Å²) < 4.78 is 59.9. The molecule has 0 aromatic carbocycles. The average Bonchev–Trinajstić information content (AvgIpc) is 2.93. The number of alkyl halides is 3. The van der Waals surface area contributed by atoms with E-state index in [1.165, 1.54) is 6.26 Å². The van der Waals surface area contributed by atoms with E-state index >= 15 is 0 Å². The van der Waals surface area contributed by atoms with Gasteiger partial charge in [0.05, 0.1) is 10.8 Å². The first-order valence-electron chi connectivity index (χ1n) is 7.75. The highest BCUT2D eigenvalue weighted by atomic mass is 32.2. The average molecular weight is 400 g/mol. The van der Waals surface area contributed by atoms with Crippen LogP contribution in [0.5, 0.6) is 0 Å². The van der Waals surface area contributed by atoms with E-state index in [4.69, 9.17) is 0 Å². The molecule has 1 rings (SSSR count). The molecule has 0 amide bonds. The molecule has 0 bridgehead atoms. The van der Waals surface area contributed by atoms with E-state index in [0.717, 1.165) is 16.7 Å². The Morgan fingerprint density at radius 1 is 1.44 bits per heavy atom. The summed E-state index contributed by atoms with van der Waals surface area (Å²) in [6, 6.07) is -0.107. The lowest BCUT2D eigenvalue weighted by Crippen LogP contribution is -2.43. The molecular weight excluding hydrogens is 377 g/mol. The zero-order valence-corrected chi connectivity index (χ0v) is 16.0. The van der Waals surface area contributed by atoms with Gasteiger partial charge in [-0.05, 0) is 20.3 Å². The van der Waals surface area contributed by atoms with Gasteiger partial charge in [0.2, 0.25) is 0 Å². The second-order valence-electron chi connectivity index (χ2n) is 5.60. The van der Waals surface area contributed by atoms with Crippen LogP contribution in [0.2, 0.25) is 0 Å². The SMILES string of the molecule is CCNC(=NCCc1nc(C(F)(F)F)cs1)NC(C)CCS(C)(=O)=O. The van der Waals surface area contributed by atoms with Gasteiger partial charge in [-0.15, -0.1) is 11.3 Å². The van der Waals surface area contributed by atoms with Crippen LogP contribution in [0, 0.1) is 0 Å². The predicted molar refractivity (Wildman–Crippen MR) is 93.7 cm³/mol. The Hall–Kier alpha value is -1.36. The molecule has 2 N–H and O–H groups in total. The van der Waals surface area contributed by atoms with Crippen molar-refractivity contribution >= 4 is 27.1 Å². The Morgan fingerprint density at radius 3 is 2.64 bits per heavy atom. The molecule has 0 fully saturated rings. The quantitative estimate of drug-likeness (QED) is 0.516. The van der Waals surface area contributed by atoms with Crippen LogP contribution in [-0.2, 0) is 22.4 Å². The zero-order chi connectivity index (χ0) is 19.1. The van der Waals surface area contributed by atoms with Crippen molar-refractivity contribution in [3.63, 3.8) is 0 Å². The monoisotopic (exact) mass is 400 g/mol. The predicted octanol–water partition coefficient (Wildman–Crippen LogP) is 2.08. The summed E-state index contributed by atoms with van der Waals surface area (Å²) in [5, 5.41) is 7.47. The van der Waals surface area contributed by atoms with Crippen molar-refractivity contribution in [2.24, 2.45) is 4.99 Å². The molecule has 1 aromatic heterocycles. The van der Waals surface area contributed by atoms with Crippen LogP contribution < -0.4 is 10.6 Å². The first-order valence-corrected chi connectivity index (χ1v) is 10.7. The molecule has 1 unspecified atom stereocenters. The van der Waals surface area contributed by atoms with Gasteiger partial charge in [-0.1, -0.05) is 0 Å². The number of sulfone groups is 1. The molecule has 11 heteroatoms. The minimum absolute atomic E-state index is 0.0694. The number of hydrogen-bond donors (Lipinski definition) is 2. The van der Waals surface area contributed by atoms with Gasteiger partial charge < -0.3 is 10.6 Å². The molecule has 144 valence electrons. The van der Waals surface area contributed by atoms with E-state index in [1.807, 2.05) is 13.8 Å². The van der Waals surface area contributed by atoms with Gasteiger partial charge >= 0.3 is 6.18 Å². The van der Waals surface area contributed by atoms with E-state index in [1.54, 1.807) is 0 Å². The Morgan fingerprint density at radius 2 is 2.12 bits per heavy atom. The maximum atomic E-state index is 12.5. The summed E-state index contributed by atoms with van der Waals surface area (Å²) >= 11 is 0.958. The third-order valence-electron chi connectivity index (χ3n) is 3.09. The molecule has 0 aliphatic heterocycles. The van der Waals surface area contributed by atoms with Gasteiger partial charge in [-0.3, -0.25) is 4.99 Å². The maximum absolute atomic E-state index is 12.5. The van der Waals surface area contributed by atoms with Crippen LogP contribution >= 0.6 is 11.3 Å². The van der Waals surface area contributed by atoms with Gasteiger partial charge in [0, 0.05) is 37.2 Å². The lowest BCUT2D eigenvalue weighted by Gasteiger charge is -2.17. The third kappa shape index (κ3) is 9.05. The summed E-state index contributed by atoms with van der Waals surface area (Å²) in [4.78, 5) is 7.85. The topological polar surface area (TPSA) is 83.4 Å². The number of guanidine groups is 1. The lowest BCUT2D eigenvalue weighted by molar-refractivity contribution is -0.140. The number of halogens is 3. The van der Waals surface area contributed by atoms with Crippen LogP contribution in [0.15, 0.2) is 10.4 Å². The summed E-state index contributed by atoms with van der Waals surface area (Å²) in [7, 11) is -3.03. The molecule has 0 spiro atoms. The molecule has 0 radical (unpaired) electrons. The molecule has 0 saturated carbocycles. The van der Waals surface area contributed by atoms with Gasteiger partial charge in [-0.2, -0.15) is 13.2 Å². The molecule has 25 heavy (non-hydrogen) atoms. The Labute approximate surface area is 149 Å². The summed E-state index contributed by atoms with van der Waals surface area (Å²) in [5.41, 5.74) is -0.879. The second-order valence-corrected chi connectivity index (χ2v) is 8.80. The Kier molecular flexibility index (Phi) is 8.13. The van der Waals surface area contributed by atoms with Gasteiger partial charge in [0.25, 0.3) is 0 Å². The Bertz CT molecular complexity index is 672. The lowest BCUT2D eigenvalue weighted by atomic mass is 10.3. The van der Waals surface area contributed by atoms with Gasteiger partial charge in [0.15, 0.2) is 11.7 Å². The Balaban J connectivity index is 2.56. The van der Waals surface area contributed by atoms with Gasteiger partial charge in [0.1, 0.15) is 9.84 Å². The summed E-state index contributed by atoms with van der Waals surface area (Å²) in [5.74, 6) is 0.566. The zero-order valence-electron chi connectivity index (χ0n) is 14.4. The van der Waals surface area contributed by atoms with E-state index in [0.29, 0.717) is 30.4 Å². The molecule has 0 aliphatic rings. The van der Waals surface area contributed by atoms with Crippen LogP contribution in [0.1, 0.15) is 31.0 Å². The fourth-order valence-electron chi connectivity index (χ4n) is 1.84. The van der Waals surface area contributed by atoms with Crippen molar-refractivity contribution in [2.75, 3.05) is 25.1 Å². The first-order chi connectivity index (χ1) is 11.5. The van der Waals surface area contributed by atoms with Crippen LogP contribution in [0.4, 0.5) is 13.2 Å². The van der Waals surface area contributed by atoms with Crippen molar-refractivity contribution < 1.29 is 21.6 Å². The summed E-state index contributed by atoms with van der Waals surface area (Å²) in [6.07, 6.45) is -2.51. The molecule has 1 aromatic rings. The van der Waals surface area contributed by atoms with Crippen LogP contribution in [-0.4, -0.2) is 50.5 Å². The fourth-order valence-corrected chi connectivity index (χ4v) is 3.41. The highest BCUT2D eigenvalue weighted by Gasteiger charge is 2.33. The van der Waals surface area contributed by atoms with E-state index in [2.05, 4.69) is 20.6 Å². The number of thiazole rings is 1. The number of nitrogens with zero attached hydrogens (tertiary/aromatic N) is 2. The van der Waals surface area contributed by atoms with Crippen LogP contribution in [0.25, 0.3) is 0 Å². The van der Waals surface area contributed by atoms with Crippen LogP contribution in [0.3, 0.4) is 0 Å². The minimum Gasteiger partial charge on any atom is -0.357 e. The van der Waals surface area contributed by atoms with Crippen molar-refractivity contribution in [1.82, 2.24) is 15.6 Å². The molecule has 0 saturated heterocycles. The third-order valence-corrected chi connectivity index (χ3v) is 4.97. The van der Waals surface area contributed by atoms with Crippen molar-refractivity contribution in [3.05, 3.63) is 16.1 Å². The molecule has 1 atom stereocenters. The standard InChI is InChI=1S/C14H23F3N4O2S2/c1-4-18-13(20-10(2)6-8-25(3,22)23)19-7-5-12-21-11(9-24-12)14(15,16)17/h9-10H,4-8H2,1-3H3,(H2,18,19,20). The normalized spacial score (nSPS) is 14.4. The highest BCUT2D eigenvalue weighted by Crippen LogP contribution is 2.30. The smallest absolute Gasteiger partial charge is 0.357 e.